The number of ether oxygens (including phenoxy) is 2. The van der Waals surface area contributed by atoms with Crippen LogP contribution in [-0.4, -0.2) is 58.1 Å². The summed E-state index contributed by atoms with van der Waals surface area (Å²) in [5.74, 6) is -0.874. The zero-order valence-corrected chi connectivity index (χ0v) is 20.9. The van der Waals surface area contributed by atoms with Crippen LogP contribution in [0, 0.1) is 0 Å². The molecule has 1 aromatic heterocycles. The largest absolute Gasteiger partial charge is 0.425 e. The summed E-state index contributed by atoms with van der Waals surface area (Å²) in [5.41, 5.74) is 7.80. The first-order chi connectivity index (χ1) is 16.8. The van der Waals surface area contributed by atoms with Crippen molar-refractivity contribution in [1.29, 1.82) is 0 Å². The Hall–Kier alpha value is -3.24. The summed E-state index contributed by atoms with van der Waals surface area (Å²) in [6.07, 6.45) is 1.21. The molecule has 1 aliphatic rings. The summed E-state index contributed by atoms with van der Waals surface area (Å²) < 4.78 is 12.5. The average molecular weight is 543 g/mol. The fourth-order valence-corrected chi connectivity index (χ4v) is 4.58. The van der Waals surface area contributed by atoms with Crippen molar-refractivity contribution >= 4 is 44.8 Å². The van der Waals surface area contributed by atoms with Crippen LogP contribution in [0.25, 0.3) is 10.9 Å². The average Bonchev–Trinajstić information content (AvgIpc) is 3.26. The molecule has 3 aromatic rings. The molecule has 0 radical (unpaired) electrons. The molecule has 4 rings (SSSR count). The Balaban J connectivity index is 1.23. The topological polar surface area (TPSA) is 117 Å². The highest BCUT2D eigenvalue weighted by Gasteiger charge is 2.28. The number of likely N-dealkylation sites (tertiary alicyclic amines) is 1. The van der Waals surface area contributed by atoms with Gasteiger partial charge in [-0.25, -0.2) is 4.79 Å². The van der Waals surface area contributed by atoms with Gasteiger partial charge < -0.3 is 20.1 Å². The zero-order chi connectivity index (χ0) is 24.9. The third kappa shape index (κ3) is 6.07. The Labute approximate surface area is 211 Å². The van der Waals surface area contributed by atoms with Gasteiger partial charge in [-0.15, -0.1) is 0 Å². The third-order valence-corrected chi connectivity index (χ3v) is 6.52. The van der Waals surface area contributed by atoms with E-state index in [4.69, 9.17) is 15.2 Å². The van der Waals surface area contributed by atoms with Crippen molar-refractivity contribution in [2.24, 2.45) is 5.73 Å². The molecule has 0 bridgehead atoms. The first-order valence-corrected chi connectivity index (χ1v) is 12.2. The molecule has 1 saturated heterocycles. The Kier molecular flexibility index (Phi) is 7.82. The van der Waals surface area contributed by atoms with Gasteiger partial charge in [0.1, 0.15) is 0 Å². The number of esters is 1. The van der Waals surface area contributed by atoms with Crippen LogP contribution < -0.4 is 5.73 Å². The van der Waals surface area contributed by atoms with E-state index in [0.717, 1.165) is 22.7 Å². The highest BCUT2D eigenvalue weighted by molar-refractivity contribution is 9.10. The van der Waals surface area contributed by atoms with Gasteiger partial charge >= 0.3 is 12.1 Å². The molecule has 1 unspecified atom stereocenters. The quantitative estimate of drug-likeness (QED) is 0.368. The standard InChI is InChI=1S/C25H27BrN4O5/c1-16(35-25(33)29-11-9-18(10-12-29)17-5-3-2-4-6-17)34-23(31)14-21(27)24(32)30-22-8-7-20(26)13-19(22)15-28-30/h2-8,13,15-16,18,21H,9-12,14,27H2,1H3/t16?,21-/m0/s1. The molecule has 0 spiro atoms. The number of halogens is 1. The number of rotatable bonds is 6. The SMILES string of the molecule is CC(OC(=O)C[C@H](N)C(=O)n1ncc2cc(Br)ccc21)OC(=O)N1CCC(c2ccccc2)CC1. The lowest BCUT2D eigenvalue weighted by molar-refractivity contribution is -0.166. The van der Waals surface area contributed by atoms with Gasteiger partial charge in [-0.1, -0.05) is 46.3 Å². The number of carbonyl (C=O) groups excluding carboxylic acids is 3. The molecule has 2 heterocycles. The lowest BCUT2D eigenvalue weighted by Gasteiger charge is -2.32. The fourth-order valence-electron chi connectivity index (χ4n) is 4.20. The van der Waals surface area contributed by atoms with Crippen LogP contribution in [0.5, 0.6) is 0 Å². The summed E-state index contributed by atoms with van der Waals surface area (Å²) in [7, 11) is 0. The van der Waals surface area contributed by atoms with Gasteiger partial charge in [0.15, 0.2) is 0 Å². The van der Waals surface area contributed by atoms with Gasteiger partial charge in [0.25, 0.3) is 5.91 Å². The normalized spacial score (nSPS) is 16.0. The van der Waals surface area contributed by atoms with E-state index in [-0.39, 0.29) is 6.42 Å². The second kappa shape index (κ2) is 11.0. The minimum absolute atomic E-state index is 0.374. The van der Waals surface area contributed by atoms with E-state index in [9.17, 15) is 14.4 Å². The number of benzene rings is 2. The molecule has 9 nitrogen and oxygen atoms in total. The maximum Gasteiger partial charge on any atom is 0.412 e. The maximum atomic E-state index is 12.7. The number of aromatic nitrogens is 2. The van der Waals surface area contributed by atoms with Crippen LogP contribution in [0.4, 0.5) is 4.79 Å². The number of nitrogens with two attached hydrogens (primary N) is 1. The molecule has 2 atom stereocenters. The van der Waals surface area contributed by atoms with Crippen LogP contribution in [0.1, 0.15) is 42.5 Å². The second-order valence-electron chi connectivity index (χ2n) is 8.52. The minimum atomic E-state index is -1.16. The maximum absolute atomic E-state index is 12.7. The Morgan fingerprint density at radius 2 is 1.83 bits per heavy atom. The predicted molar refractivity (Wildman–Crippen MR) is 133 cm³/mol. The van der Waals surface area contributed by atoms with Crippen LogP contribution in [0.15, 0.2) is 59.2 Å². The first-order valence-electron chi connectivity index (χ1n) is 11.4. The number of hydrogen-bond acceptors (Lipinski definition) is 7. The summed E-state index contributed by atoms with van der Waals surface area (Å²) in [4.78, 5) is 39.1. The number of amides is 1. The zero-order valence-electron chi connectivity index (χ0n) is 19.3. The molecule has 2 N–H and O–H groups in total. The summed E-state index contributed by atoms with van der Waals surface area (Å²) in [6.45, 7) is 2.58. The highest BCUT2D eigenvalue weighted by Crippen LogP contribution is 2.28. The molecule has 35 heavy (non-hydrogen) atoms. The molecule has 1 fully saturated rings. The fraction of sp³-hybridized carbons (Fsp3) is 0.360. The molecular weight excluding hydrogens is 516 g/mol. The van der Waals surface area contributed by atoms with Crippen molar-refractivity contribution in [2.45, 2.75) is 44.4 Å². The van der Waals surface area contributed by atoms with E-state index in [1.54, 1.807) is 23.2 Å². The number of fused-ring (bicyclic) bond motifs is 1. The Morgan fingerprint density at radius 3 is 2.54 bits per heavy atom. The lowest BCUT2D eigenvalue weighted by Crippen LogP contribution is -2.41. The van der Waals surface area contributed by atoms with E-state index >= 15 is 0 Å². The number of piperidine rings is 1. The van der Waals surface area contributed by atoms with E-state index in [0.29, 0.717) is 24.5 Å². The van der Waals surface area contributed by atoms with E-state index in [1.807, 2.05) is 24.3 Å². The van der Waals surface area contributed by atoms with Crippen molar-refractivity contribution < 1.29 is 23.9 Å². The van der Waals surface area contributed by atoms with Gasteiger partial charge in [0.05, 0.1) is 24.2 Å². The number of hydrogen-bond donors (Lipinski definition) is 1. The molecule has 184 valence electrons. The van der Waals surface area contributed by atoms with Gasteiger partial charge in [-0.05, 0) is 42.5 Å². The molecule has 1 amide bonds. The minimum Gasteiger partial charge on any atom is -0.425 e. The van der Waals surface area contributed by atoms with Crippen LogP contribution in [0.3, 0.4) is 0 Å². The highest BCUT2D eigenvalue weighted by atomic mass is 79.9. The predicted octanol–water partition coefficient (Wildman–Crippen LogP) is 4.06. The summed E-state index contributed by atoms with van der Waals surface area (Å²) in [5, 5.41) is 4.84. The van der Waals surface area contributed by atoms with Gasteiger partial charge in [-0.2, -0.15) is 9.78 Å². The second-order valence-corrected chi connectivity index (χ2v) is 9.44. The van der Waals surface area contributed by atoms with Crippen LogP contribution >= 0.6 is 15.9 Å². The third-order valence-electron chi connectivity index (χ3n) is 6.03. The summed E-state index contributed by atoms with van der Waals surface area (Å²) in [6, 6.07) is 14.4. The summed E-state index contributed by atoms with van der Waals surface area (Å²) >= 11 is 3.37. The monoisotopic (exact) mass is 542 g/mol. The van der Waals surface area contributed by atoms with Gasteiger partial charge in [0.2, 0.25) is 6.29 Å². The Bertz CT molecular complexity index is 1210. The van der Waals surface area contributed by atoms with Crippen molar-refractivity contribution in [1.82, 2.24) is 14.7 Å². The van der Waals surface area contributed by atoms with Crippen molar-refractivity contribution in [3.05, 3.63) is 64.8 Å². The molecule has 0 saturated carbocycles. The molecular formula is C25H27BrN4O5. The first kappa shape index (κ1) is 24.9. The Morgan fingerprint density at radius 1 is 1.11 bits per heavy atom. The van der Waals surface area contributed by atoms with E-state index in [1.165, 1.54) is 17.2 Å². The van der Waals surface area contributed by atoms with Crippen molar-refractivity contribution in [3.8, 4) is 0 Å². The molecule has 1 aliphatic heterocycles. The lowest BCUT2D eigenvalue weighted by atomic mass is 9.90. The number of nitrogens with zero attached hydrogens (tertiary/aromatic N) is 3. The van der Waals surface area contributed by atoms with Crippen LogP contribution in [-0.2, 0) is 14.3 Å². The van der Waals surface area contributed by atoms with Crippen molar-refractivity contribution in [3.63, 3.8) is 0 Å². The molecule has 10 heteroatoms. The van der Waals surface area contributed by atoms with E-state index < -0.39 is 30.3 Å². The molecule has 2 aromatic carbocycles. The van der Waals surface area contributed by atoms with E-state index in [2.05, 4.69) is 33.2 Å². The van der Waals surface area contributed by atoms with Crippen LogP contribution in [0.2, 0.25) is 0 Å². The van der Waals surface area contributed by atoms with Crippen molar-refractivity contribution in [2.75, 3.05) is 13.1 Å². The smallest absolute Gasteiger partial charge is 0.412 e. The molecule has 0 aliphatic carbocycles. The van der Waals surface area contributed by atoms with Gasteiger partial charge in [0, 0.05) is 29.9 Å². The number of carbonyl (C=O) groups is 3. The van der Waals surface area contributed by atoms with Gasteiger partial charge in [-0.3, -0.25) is 9.59 Å².